The van der Waals surface area contributed by atoms with Crippen LogP contribution >= 0.6 is 0 Å². The molecule has 3 rings (SSSR count). The predicted molar refractivity (Wildman–Crippen MR) is 146 cm³/mol. The number of benzene rings is 3. The van der Waals surface area contributed by atoms with Crippen LogP contribution in [-0.2, 0) is 32.1 Å². The Morgan fingerprint density at radius 1 is 0.789 bits per heavy atom. The lowest BCUT2D eigenvalue weighted by atomic mass is 10.0. The van der Waals surface area contributed by atoms with E-state index in [2.05, 4.69) is 16.0 Å². The molecule has 0 spiro atoms. The number of rotatable bonds is 14. The van der Waals surface area contributed by atoms with E-state index in [0.717, 1.165) is 11.1 Å². The lowest BCUT2D eigenvalue weighted by Crippen LogP contribution is -2.57. The minimum Gasteiger partial charge on any atom is -0.480 e. The van der Waals surface area contributed by atoms with Crippen molar-refractivity contribution in [3.63, 3.8) is 0 Å². The van der Waals surface area contributed by atoms with Crippen LogP contribution in [0.1, 0.15) is 31.4 Å². The first kappa shape index (κ1) is 28.6. The summed E-state index contributed by atoms with van der Waals surface area (Å²) in [6.45, 7) is 3.47. The van der Waals surface area contributed by atoms with Crippen LogP contribution in [0, 0.1) is 0 Å². The minimum atomic E-state index is -1.07. The molecule has 0 saturated carbocycles. The van der Waals surface area contributed by atoms with E-state index < -0.39 is 42.0 Å². The number of carbonyl (C=O) groups excluding carboxylic acids is 2. The van der Waals surface area contributed by atoms with Gasteiger partial charge in [-0.1, -0.05) is 78.9 Å². The second kappa shape index (κ2) is 14.7. The van der Waals surface area contributed by atoms with Crippen molar-refractivity contribution in [3.05, 3.63) is 102 Å². The molecular formula is C30H35N3O5. The number of carboxylic acids is 1. The van der Waals surface area contributed by atoms with E-state index in [9.17, 15) is 19.5 Å². The molecule has 0 bridgehead atoms. The number of hydrogen-bond donors (Lipinski definition) is 4. The maximum absolute atomic E-state index is 13.5. The molecule has 0 fully saturated rings. The zero-order valence-electron chi connectivity index (χ0n) is 21.7. The summed E-state index contributed by atoms with van der Waals surface area (Å²) in [5, 5.41) is 18.0. The molecule has 2 amide bonds. The fraction of sp³-hybridized carbons (Fsp3) is 0.300. The topological polar surface area (TPSA) is 117 Å². The van der Waals surface area contributed by atoms with Gasteiger partial charge in [0.05, 0.1) is 18.8 Å². The lowest BCUT2D eigenvalue weighted by Gasteiger charge is -2.28. The Morgan fingerprint density at radius 2 is 1.34 bits per heavy atom. The first-order valence-electron chi connectivity index (χ1n) is 12.7. The standard InChI is InChI=1S/C30H35N3O5/c1-21(30(36)37)31-26(19-18-23-12-6-3-7-13-23)28(34)33-27(29(35)32-25-16-10-5-11-17-25)22(2)38-20-24-14-8-4-9-15-24/h3-17,21-22,26-27,31H,18-20H2,1-2H3,(H,32,35)(H,33,34)(H,36,37)/t21-,22+,26+,27+/m1/s1. The molecule has 8 nitrogen and oxygen atoms in total. The van der Waals surface area contributed by atoms with Crippen LogP contribution in [0.2, 0.25) is 0 Å². The highest BCUT2D eigenvalue weighted by atomic mass is 16.5. The van der Waals surface area contributed by atoms with Gasteiger partial charge in [0.25, 0.3) is 0 Å². The van der Waals surface area contributed by atoms with Crippen molar-refractivity contribution < 1.29 is 24.2 Å². The van der Waals surface area contributed by atoms with E-state index in [1.54, 1.807) is 31.2 Å². The quantitative estimate of drug-likeness (QED) is 0.259. The summed E-state index contributed by atoms with van der Waals surface area (Å²) in [5.74, 6) is -1.98. The van der Waals surface area contributed by atoms with Gasteiger partial charge in [0.1, 0.15) is 12.1 Å². The SMILES string of the molecule is C[C@H](OCc1ccccc1)[C@H](NC(=O)[C@H](CCc1ccccc1)N[C@H](C)C(=O)O)C(=O)Nc1ccccc1. The van der Waals surface area contributed by atoms with Gasteiger partial charge in [-0.3, -0.25) is 19.7 Å². The summed E-state index contributed by atoms with van der Waals surface area (Å²) in [6.07, 6.45) is 0.230. The van der Waals surface area contributed by atoms with E-state index in [4.69, 9.17) is 4.74 Å². The molecule has 3 aromatic rings. The summed E-state index contributed by atoms with van der Waals surface area (Å²) < 4.78 is 5.99. The third kappa shape index (κ3) is 9.14. The number of hydrogen-bond acceptors (Lipinski definition) is 5. The summed E-state index contributed by atoms with van der Waals surface area (Å²) in [6, 6.07) is 25.3. The van der Waals surface area contributed by atoms with Crippen molar-refractivity contribution in [2.45, 2.75) is 57.5 Å². The van der Waals surface area contributed by atoms with Crippen LogP contribution in [-0.4, -0.2) is 47.1 Å². The molecule has 0 aliphatic rings. The molecule has 4 atom stereocenters. The molecule has 0 unspecified atom stereocenters. The van der Waals surface area contributed by atoms with Crippen molar-refractivity contribution >= 4 is 23.5 Å². The maximum atomic E-state index is 13.5. The van der Waals surface area contributed by atoms with Gasteiger partial charge in [0, 0.05) is 5.69 Å². The summed E-state index contributed by atoms with van der Waals surface area (Å²) >= 11 is 0. The lowest BCUT2D eigenvalue weighted by molar-refractivity contribution is -0.140. The first-order chi connectivity index (χ1) is 18.3. The third-order valence-electron chi connectivity index (χ3n) is 6.15. The number of carboxylic acid groups (broad SMARTS) is 1. The normalized spacial score (nSPS) is 14.1. The van der Waals surface area contributed by atoms with Gasteiger partial charge in [0.2, 0.25) is 11.8 Å². The average molecular weight is 518 g/mol. The predicted octanol–water partition coefficient (Wildman–Crippen LogP) is 3.78. The monoisotopic (exact) mass is 517 g/mol. The Morgan fingerprint density at radius 3 is 1.92 bits per heavy atom. The molecule has 3 aromatic carbocycles. The second-order valence-electron chi connectivity index (χ2n) is 9.15. The number of anilines is 1. The highest BCUT2D eigenvalue weighted by Crippen LogP contribution is 2.12. The minimum absolute atomic E-state index is 0.263. The number of ether oxygens (including phenoxy) is 1. The van der Waals surface area contributed by atoms with Gasteiger partial charge in [-0.05, 0) is 49.9 Å². The molecule has 0 aliphatic carbocycles. The van der Waals surface area contributed by atoms with E-state index in [-0.39, 0.29) is 6.61 Å². The number of aliphatic carboxylic acids is 1. The van der Waals surface area contributed by atoms with Crippen molar-refractivity contribution in [2.75, 3.05) is 5.32 Å². The Hall–Kier alpha value is -4.01. The van der Waals surface area contributed by atoms with Crippen molar-refractivity contribution in [2.24, 2.45) is 0 Å². The zero-order valence-corrected chi connectivity index (χ0v) is 21.7. The molecule has 0 aromatic heterocycles. The van der Waals surface area contributed by atoms with Crippen LogP contribution < -0.4 is 16.0 Å². The Balaban J connectivity index is 1.76. The van der Waals surface area contributed by atoms with Crippen LogP contribution in [0.5, 0.6) is 0 Å². The van der Waals surface area contributed by atoms with Gasteiger partial charge < -0.3 is 20.5 Å². The summed E-state index contributed by atoms with van der Waals surface area (Å²) in [5.41, 5.74) is 2.55. The number of nitrogens with one attached hydrogen (secondary N) is 3. The molecule has 4 N–H and O–H groups in total. The van der Waals surface area contributed by atoms with Gasteiger partial charge >= 0.3 is 5.97 Å². The van der Waals surface area contributed by atoms with Crippen molar-refractivity contribution in [1.29, 1.82) is 0 Å². The molecule has 8 heteroatoms. The van der Waals surface area contributed by atoms with E-state index in [0.29, 0.717) is 18.5 Å². The van der Waals surface area contributed by atoms with Crippen LogP contribution in [0.25, 0.3) is 0 Å². The Labute approximate surface area is 223 Å². The number of carbonyl (C=O) groups is 3. The number of para-hydroxylation sites is 1. The van der Waals surface area contributed by atoms with E-state index in [1.807, 2.05) is 66.7 Å². The van der Waals surface area contributed by atoms with Gasteiger partial charge in [-0.15, -0.1) is 0 Å². The van der Waals surface area contributed by atoms with E-state index >= 15 is 0 Å². The molecular weight excluding hydrogens is 482 g/mol. The molecule has 0 heterocycles. The molecule has 38 heavy (non-hydrogen) atoms. The molecule has 200 valence electrons. The van der Waals surface area contributed by atoms with Gasteiger partial charge in [-0.2, -0.15) is 0 Å². The fourth-order valence-corrected chi connectivity index (χ4v) is 3.91. The largest absolute Gasteiger partial charge is 0.480 e. The summed E-state index contributed by atoms with van der Waals surface area (Å²) in [7, 11) is 0. The van der Waals surface area contributed by atoms with Crippen LogP contribution in [0.4, 0.5) is 5.69 Å². The van der Waals surface area contributed by atoms with E-state index in [1.165, 1.54) is 6.92 Å². The average Bonchev–Trinajstić information content (AvgIpc) is 2.93. The number of aryl methyl sites for hydroxylation is 1. The number of amides is 2. The zero-order chi connectivity index (χ0) is 27.3. The second-order valence-corrected chi connectivity index (χ2v) is 9.15. The van der Waals surface area contributed by atoms with Gasteiger partial charge in [-0.25, -0.2) is 0 Å². The maximum Gasteiger partial charge on any atom is 0.320 e. The van der Waals surface area contributed by atoms with Crippen molar-refractivity contribution in [3.8, 4) is 0 Å². The summed E-state index contributed by atoms with van der Waals surface area (Å²) in [4.78, 5) is 38.3. The molecule has 0 radical (unpaired) electrons. The van der Waals surface area contributed by atoms with Crippen molar-refractivity contribution in [1.82, 2.24) is 10.6 Å². The fourth-order valence-electron chi connectivity index (χ4n) is 3.91. The Bertz CT molecular complexity index is 1160. The molecule has 0 saturated heterocycles. The highest BCUT2D eigenvalue weighted by molar-refractivity contribution is 5.98. The third-order valence-corrected chi connectivity index (χ3v) is 6.15. The van der Waals surface area contributed by atoms with Crippen LogP contribution in [0.15, 0.2) is 91.0 Å². The Kier molecular flexibility index (Phi) is 11.0. The molecule has 0 aliphatic heterocycles. The van der Waals surface area contributed by atoms with Gasteiger partial charge in [0.15, 0.2) is 0 Å². The van der Waals surface area contributed by atoms with Crippen LogP contribution in [0.3, 0.4) is 0 Å². The highest BCUT2D eigenvalue weighted by Gasteiger charge is 2.31. The first-order valence-corrected chi connectivity index (χ1v) is 12.7. The smallest absolute Gasteiger partial charge is 0.320 e.